The molecule has 12 aromatic carbocycles. The molecule has 0 radical (unpaired) electrons. The largest absolute Gasteiger partial charge is 4.00 e. The minimum Gasteiger partial charge on any atom is -2.00 e. The van der Waals surface area contributed by atoms with Crippen LogP contribution in [-0.2, 0) is 140 Å². The molecule has 0 aromatic heterocycles. The number of hydrazone groups is 4. The topological polar surface area (TPSA) is 769 Å². The van der Waals surface area contributed by atoms with Gasteiger partial charge < -0.3 is 81.0 Å². The van der Waals surface area contributed by atoms with E-state index >= 15 is 0 Å². The maximum absolute atomic E-state index is 11.4. The van der Waals surface area contributed by atoms with Crippen LogP contribution in [0.15, 0.2) is 372 Å². The fourth-order valence-corrected chi connectivity index (χ4v) is 11.8. The van der Waals surface area contributed by atoms with Gasteiger partial charge in [-0.25, -0.2) is 52.8 Å². The summed E-state index contributed by atoms with van der Waals surface area (Å²) in [5.41, 5.74) is 11.4. The fourth-order valence-electron chi connectivity index (χ4n) is 9.79. The zero-order chi connectivity index (χ0) is 89.7. The van der Waals surface area contributed by atoms with Crippen molar-refractivity contribution in [3.8, 4) is 23.0 Å². The third-order valence-electron chi connectivity index (χ3n) is 15.8. The van der Waals surface area contributed by atoms with Gasteiger partial charge in [-0.2, -0.15) is 20.4 Å². The van der Waals surface area contributed by atoms with E-state index in [4.69, 9.17) is 0 Å². The Morgan fingerprint density at radius 3 is 0.565 bits per heavy atom. The van der Waals surface area contributed by atoms with Gasteiger partial charge in [-0.3, -0.25) is 21.7 Å². The number of hydrogen-bond acceptors (Lipinski definition) is 32. The third kappa shape index (κ3) is 34.2. The molecule has 51 heteroatoms. The first-order valence-corrected chi connectivity index (χ1v) is 40.3. The average molecular weight is 2360 g/mol. The zero-order valence-electron chi connectivity index (χ0n) is 66.0. The van der Waals surface area contributed by atoms with Crippen LogP contribution in [0, 0.1) is 0 Å². The summed E-state index contributed by atoms with van der Waals surface area (Å²) in [5, 5.41) is 125. The summed E-state index contributed by atoms with van der Waals surface area (Å²) in [5.74, 6) is -6.06. The average Bonchev–Trinajstić information content (AvgIpc) is 0.839. The number of carboxylic acid groups (broad SMARTS) is 4. The van der Waals surface area contributed by atoms with E-state index < -0.39 is 83.9 Å². The van der Waals surface area contributed by atoms with E-state index in [2.05, 4.69) is 83.0 Å². The molecule has 0 spiro atoms. The normalized spacial score (nSPS) is 11.5. The van der Waals surface area contributed by atoms with Gasteiger partial charge in [0.25, 0.3) is 0 Å². The molecular formula is C80H60Hf3N16O28S4. The molecule has 0 saturated carbocycles. The van der Waals surface area contributed by atoms with Crippen LogP contribution in [0.5, 0.6) is 23.0 Å². The number of nitrogens with one attached hydrogen (secondary N) is 4. The summed E-state index contributed by atoms with van der Waals surface area (Å²) in [7, 11) is -19.0. The number of amidine groups is 4. The van der Waals surface area contributed by atoms with Crippen molar-refractivity contribution in [2.75, 3.05) is 21.7 Å². The zero-order valence-corrected chi connectivity index (χ0v) is 80.0. The maximum atomic E-state index is 11.4. The van der Waals surface area contributed by atoms with Gasteiger partial charge in [-0.1, -0.05) is 170 Å². The number of azo groups is 4. The number of rotatable bonds is 24. The summed E-state index contributed by atoms with van der Waals surface area (Å²) in [4.78, 5) is 43.2. The van der Waals surface area contributed by atoms with Gasteiger partial charge in [-0.05, 0) is 121 Å². The van der Waals surface area contributed by atoms with E-state index in [9.17, 15) is 112 Å². The van der Waals surface area contributed by atoms with Crippen molar-refractivity contribution in [3.05, 3.63) is 336 Å². The number of phenolic OH excluding ortho intramolecular Hbond substituents is 4. The van der Waals surface area contributed by atoms with E-state index in [0.29, 0.717) is 22.3 Å². The Balaban J connectivity index is 0.000000581. The number of carboxylic acids is 4. The number of benzene rings is 12. The molecule has 0 amide bonds. The molecule has 664 valence electrons. The third-order valence-corrected chi connectivity index (χ3v) is 19.2. The van der Waals surface area contributed by atoms with E-state index in [-0.39, 0.29) is 214 Å². The standard InChI is InChI=1S/4C20H16N4O6S.3Hf.4O/c4*25-18-11-10-14(31(28,29)30)12-17(18)22-24-19(13-6-2-1-3-7-13)23-21-16-9-5-4-8-15(16)20(26)27;;;;;;;/h4*1-12,22,25H,(H,26,27)(H,28,29,30);;;;;;;/q;;;;3*+4;4*-2/p-4. The van der Waals surface area contributed by atoms with Crippen LogP contribution in [0.25, 0.3) is 0 Å². The smallest absolute Gasteiger partial charge is 2.00 e. The molecule has 131 heavy (non-hydrogen) atoms. The molecule has 0 saturated heterocycles. The van der Waals surface area contributed by atoms with E-state index in [1.54, 1.807) is 170 Å². The summed E-state index contributed by atoms with van der Waals surface area (Å²) < 4.78 is 135. The Kier molecular flexibility index (Phi) is 45.9. The van der Waals surface area contributed by atoms with Gasteiger partial charge in [0, 0.05) is 22.3 Å². The molecule has 0 atom stereocenters. The van der Waals surface area contributed by atoms with Crippen LogP contribution in [0.1, 0.15) is 63.7 Å². The molecule has 0 fully saturated rings. The molecule has 0 heterocycles. The van der Waals surface area contributed by atoms with E-state index in [1.807, 2.05) is 0 Å². The molecule has 0 unspecified atom stereocenters. The molecule has 0 aliphatic carbocycles. The summed E-state index contributed by atoms with van der Waals surface area (Å²) in [6, 6.07) is 69.9. The molecular weight excluding hydrogens is 2300 g/mol. The van der Waals surface area contributed by atoms with Gasteiger partial charge in [-0.15, -0.1) is 40.9 Å². The van der Waals surface area contributed by atoms with E-state index in [1.165, 1.54) is 48.5 Å². The number of nitrogens with zero attached hydrogens (tertiary/aromatic N) is 12. The fraction of sp³-hybridized carbons (Fsp3) is 0. The number of phenols is 4. The molecule has 12 N–H and O–H groups in total. The van der Waals surface area contributed by atoms with Gasteiger partial charge in [0.2, 0.25) is 23.3 Å². The molecule has 12 rings (SSSR count). The minimum absolute atomic E-state index is 0. The van der Waals surface area contributed by atoms with Crippen LogP contribution < -0.4 is 21.7 Å². The minimum atomic E-state index is -4.74. The first-order valence-electron chi connectivity index (χ1n) is 34.7. The molecule has 0 aliphatic heterocycles. The molecule has 12 aromatic rings. The van der Waals surface area contributed by atoms with Crippen molar-refractivity contribution in [3.63, 3.8) is 0 Å². The van der Waals surface area contributed by atoms with Crippen LogP contribution in [0.2, 0.25) is 0 Å². The number of anilines is 4. The van der Waals surface area contributed by atoms with Crippen LogP contribution in [-0.4, -0.2) is 140 Å². The number of carbonyl (C=O) groups is 4. The van der Waals surface area contributed by atoms with Gasteiger partial charge in [0.15, 0.2) is 0 Å². The van der Waals surface area contributed by atoms with Crippen molar-refractivity contribution in [1.82, 2.24) is 0 Å². The summed E-state index contributed by atoms with van der Waals surface area (Å²) in [6.07, 6.45) is 0. The second-order valence-corrected chi connectivity index (χ2v) is 29.8. The van der Waals surface area contributed by atoms with Crippen LogP contribution >= 0.6 is 0 Å². The Hall–Kier alpha value is -13.9. The second-order valence-electron chi connectivity index (χ2n) is 24.3. The number of aromatic hydroxyl groups is 4. The van der Waals surface area contributed by atoms with Gasteiger partial charge in [0.1, 0.15) is 86.2 Å². The van der Waals surface area contributed by atoms with Gasteiger partial charge in [0.05, 0.1) is 64.6 Å². The molecule has 44 nitrogen and oxygen atoms in total. The quantitative estimate of drug-likeness (QED) is 0.00508. The predicted octanol–water partition coefficient (Wildman–Crippen LogP) is 13.7. The van der Waals surface area contributed by atoms with Crippen molar-refractivity contribution >= 4 is 133 Å². The van der Waals surface area contributed by atoms with E-state index in [0.717, 1.165) is 72.8 Å². The molecule has 0 bridgehead atoms. The van der Waals surface area contributed by atoms with Crippen molar-refractivity contribution in [2.24, 2.45) is 61.3 Å². The monoisotopic (exact) mass is 2360 g/mol. The Morgan fingerprint density at radius 1 is 0.244 bits per heavy atom. The second kappa shape index (κ2) is 53.2. The van der Waals surface area contributed by atoms with Crippen molar-refractivity contribution < 1.29 is 211 Å². The van der Waals surface area contributed by atoms with Crippen LogP contribution in [0.3, 0.4) is 0 Å². The summed E-state index contributed by atoms with van der Waals surface area (Å²) in [6.45, 7) is 0. The van der Waals surface area contributed by atoms with Gasteiger partial charge >= 0.3 is 101 Å². The summed E-state index contributed by atoms with van der Waals surface area (Å²) >= 11 is 0. The van der Waals surface area contributed by atoms with Crippen molar-refractivity contribution in [2.45, 2.75) is 19.6 Å². The SMILES string of the molecule is O=C(O)c1ccccc1N=NC(=NNc1cc(S(=O)(=O)[O-])ccc1O)c1ccccc1.O=C(O)c1ccccc1N=NC(=NNc1cc(S(=O)(=O)[O-])ccc1O)c1ccccc1.O=C(O)c1ccccc1N=NC(=NNc1cc(S(=O)(=O)[O-])ccc1O)c1ccccc1.O=C(O)c1ccccc1N=NC(=NNc1cc(S(=O)(=O)[O-])ccc1O)c1ccccc1.[Hf+4].[Hf+4].[Hf+4].[O-2].[O-2].[O-2].[O-2]. The predicted molar refractivity (Wildman–Crippen MR) is 445 cm³/mol. The Bertz CT molecular complexity index is 5930. The number of aromatic carboxylic acids is 4. The first kappa shape index (κ1) is 113. The number of hydrogen-bond donors (Lipinski definition) is 12. The molecule has 0 aliphatic rings. The Labute approximate surface area is 799 Å². The van der Waals surface area contributed by atoms with Crippen LogP contribution in [0.4, 0.5) is 45.5 Å². The maximum Gasteiger partial charge on any atom is 4.00 e. The van der Waals surface area contributed by atoms with Crippen molar-refractivity contribution in [1.29, 1.82) is 0 Å². The Morgan fingerprint density at radius 2 is 0.405 bits per heavy atom. The first-order chi connectivity index (χ1) is 59.0.